The fourth-order valence-electron chi connectivity index (χ4n) is 2.47. The molecular formula is C14H26N4S. The molecule has 1 atom stereocenters. The van der Waals surface area contributed by atoms with E-state index in [-0.39, 0.29) is 0 Å². The maximum atomic E-state index is 4.71. The molecule has 2 heterocycles. The first-order chi connectivity index (χ1) is 9.06. The van der Waals surface area contributed by atoms with Gasteiger partial charge in [-0.1, -0.05) is 13.8 Å². The van der Waals surface area contributed by atoms with E-state index in [0.29, 0.717) is 12.1 Å². The van der Waals surface area contributed by atoms with E-state index in [1.54, 1.807) is 11.3 Å². The van der Waals surface area contributed by atoms with E-state index in [4.69, 9.17) is 4.98 Å². The van der Waals surface area contributed by atoms with Gasteiger partial charge in [0.25, 0.3) is 0 Å². The molecule has 2 rings (SSSR count). The van der Waals surface area contributed by atoms with E-state index in [1.807, 2.05) is 0 Å². The van der Waals surface area contributed by atoms with E-state index < -0.39 is 0 Å². The van der Waals surface area contributed by atoms with Crippen LogP contribution in [-0.4, -0.2) is 49.2 Å². The van der Waals surface area contributed by atoms with Crippen molar-refractivity contribution in [2.45, 2.75) is 45.3 Å². The zero-order valence-corrected chi connectivity index (χ0v) is 13.3. The minimum absolute atomic E-state index is 0.509. The lowest BCUT2D eigenvalue weighted by atomic mass is 10.2. The number of nitrogens with one attached hydrogen (secondary N) is 1. The third-order valence-corrected chi connectivity index (χ3v) is 4.72. The zero-order valence-electron chi connectivity index (χ0n) is 12.5. The lowest BCUT2D eigenvalue weighted by Crippen LogP contribution is -2.36. The van der Waals surface area contributed by atoms with Crippen molar-refractivity contribution in [3.8, 4) is 0 Å². The average Bonchev–Trinajstić information content (AvgIpc) is 2.97. The highest BCUT2D eigenvalue weighted by Crippen LogP contribution is 2.22. The Kier molecular flexibility index (Phi) is 5.19. The molecule has 4 nitrogen and oxygen atoms in total. The van der Waals surface area contributed by atoms with Crippen molar-refractivity contribution in [3.05, 3.63) is 11.1 Å². The maximum absolute atomic E-state index is 4.71. The summed E-state index contributed by atoms with van der Waals surface area (Å²) in [7, 11) is 4.38. The molecule has 5 heteroatoms. The highest BCUT2D eigenvalue weighted by atomic mass is 32.1. The molecule has 0 bridgehead atoms. The van der Waals surface area contributed by atoms with Gasteiger partial charge in [0.05, 0.1) is 5.69 Å². The van der Waals surface area contributed by atoms with Crippen LogP contribution in [0.4, 0.5) is 5.13 Å². The highest BCUT2D eigenvalue weighted by molar-refractivity contribution is 7.13. The van der Waals surface area contributed by atoms with Crippen molar-refractivity contribution in [3.63, 3.8) is 0 Å². The summed E-state index contributed by atoms with van der Waals surface area (Å²) in [6, 6.07) is 1.20. The molecule has 1 saturated heterocycles. The largest absolute Gasteiger partial charge is 0.350 e. The second kappa shape index (κ2) is 6.68. The van der Waals surface area contributed by atoms with Gasteiger partial charge in [-0.3, -0.25) is 0 Å². The second-order valence-electron chi connectivity index (χ2n) is 5.81. The van der Waals surface area contributed by atoms with Crippen LogP contribution in [0.5, 0.6) is 0 Å². The van der Waals surface area contributed by atoms with Crippen LogP contribution in [0.3, 0.4) is 0 Å². The van der Waals surface area contributed by atoms with Crippen molar-refractivity contribution in [1.29, 1.82) is 0 Å². The molecule has 1 aromatic rings. The molecule has 19 heavy (non-hydrogen) atoms. The first-order valence-corrected chi connectivity index (χ1v) is 8.03. The summed E-state index contributed by atoms with van der Waals surface area (Å²) in [6.45, 7) is 7.51. The molecule has 0 spiro atoms. The predicted octanol–water partition coefficient (Wildman–Crippen LogP) is 2.17. The number of likely N-dealkylation sites (N-methyl/N-ethyl adjacent to an activating group) is 2. The van der Waals surface area contributed by atoms with Crippen molar-refractivity contribution in [1.82, 2.24) is 15.2 Å². The van der Waals surface area contributed by atoms with E-state index in [9.17, 15) is 0 Å². The van der Waals surface area contributed by atoms with E-state index in [0.717, 1.165) is 23.9 Å². The van der Waals surface area contributed by atoms with Crippen LogP contribution >= 0.6 is 11.3 Å². The topological polar surface area (TPSA) is 31.4 Å². The highest BCUT2D eigenvalue weighted by Gasteiger charge is 2.22. The fraction of sp³-hybridized carbons (Fsp3) is 0.786. The minimum Gasteiger partial charge on any atom is -0.350 e. The zero-order chi connectivity index (χ0) is 13.8. The van der Waals surface area contributed by atoms with Crippen LogP contribution in [-0.2, 0) is 6.54 Å². The molecule has 0 radical (unpaired) electrons. The maximum Gasteiger partial charge on any atom is 0.185 e. The fourth-order valence-corrected chi connectivity index (χ4v) is 3.27. The number of rotatable bonds is 6. The van der Waals surface area contributed by atoms with E-state index >= 15 is 0 Å². The normalized spacial score (nSPS) is 20.4. The monoisotopic (exact) mass is 282 g/mol. The van der Waals surface area contributed by atoms with Gasteiger partial charge in [-0.05, 0) is 26.4 Å². The number of aromatic nitrogens is 1. The number of thiazole rings is 1. The summed E-state index contributed by atoms with van der Waals surface area (Å²) in [5, 5.41) is 6.72. The smallest absolute Gasteiger partial charge is 0.185 e. The third kappa shape index (κ3) is 4.16. The quantitative estimate of drug-likeness (QED) is 0.866. The summed E-state index contributed by atoms with van der Waals surface area (Å²) in [4.78, 5) is 9.48. The van der Waals surface area contributed by atoms with Gasteiger partial charge in [-0.15, -0.1) is 11.3 Å². The Hall–Kier alpha value is -0.650. The molecule has 0 saturated carbocycles. The third-order valence-electron chi connectivity index (χ3n) is 3.71. The van der Waals surface area contributed by atoms with Gasteiger partial charge < -0.3 is 15.1 Å². The van der Waals surface area contributed by atoms with Gasteiger partial charge in [-0.25, -0.2) is 4.98 Å². The van der Waals surface area contributed by atoms with Gasteiger partial charge in [0.15, 0.2) is 5.13 Å². The van der Waals surface area contributed by atoms with Crippen LogP contribution in [0.25, 0.3) is 0 Å². The SMILES string of the molecule is CC(C)NCc1csc(N(C)CC2CCCN2C)n1. The molecule has 108 valence electrons. The summed E-state index contributed by atoms with van der Waals surface area (Å²) in [5.74, 6) is 0. The molecule has 0 amide bonds. The van der Waals surface area contributed by atoms with Gasteiger partial charge in [0.1, 0.15) is 0 Å². The molecule has 1 N–H and O–H groups in total. The number of hydrogen-bond acceptors (Lipinski definition) is 5. The van der Waals surface area contributed by atoms with Crippen molar-refractivity contribution in [2.24, 2.45) is 0 Å². The van der Waals surface area contributed by atoms with E-state index in [2.05, 4.69) is 48.4 Å². The lowest BCUT2D eigenvalue weighted by molar-refractivity contribution is 0.314. The average molecular weight is 282 g/mol. The summed E-state index contributed by atoms with van der Waals surface area (Å²) < 4.78 is 0. The molecule has 1 unspecified atom stereocenters. The Bertz CT molecular complexity index is 391. The van der Waals surface area contributed by atoms with Gasteiger partial charge >= 0.3 is 0 Å². The Labute approximate surface area is 120 Å². The minimum atomic E-state index is 0.509. The molecule has 0 aromatic carbocycles. The molecule has 0 aliphatic carbocycles. The molecular weight excluding hydrogens is 256 g/mol. The van der Waals surface area contributed by atoms with Gasteiger partial charge in [-0.2, -0.15) is 0 Å². The summed E-state index contributed by atoms with van der Waals surface area (Å²) >= 11 is 1.75. The Morgan fingerprint density at radius 3 is 3.00 bits per heavy atom. The summed E-state index contributed by atoms with van der Waals surface area (Å²) in [6.07, 6.45) is 2.64. The van der Waals surface area contributed by atoms with E-state index in [1.165, 1.54) is 19.4 Å². The number of hydrogen-bond donors (Lipinski definition) is 1. The number of anilines is 1. The second-order valence-corrected chi connectivity index (χ2v) is 6.65. The number of nitrogens with zero attached hydrogens (tertiary/aromatic N) is 3. The van der Waals surface area contributed by atoms with Crippen molar-refractivity contribution >= 4 is 16.5 Å². The van der Waals surface area contributed by atoms with Crippen LogP contribution in [0.15, 0.2) is 5.38 Å². The van der Waals surface area contributed by atoms with Crippen molar-refractivity contribution in [2.75, 3.05) is 32.1 Å². The van der Waals surface area contributed by atoms with Crippen LogP contribution in [0.2, 0.25) is 0 Å². The molecule has 1 fully saturated rings. The summed E-state index contributed by atoms with van der Waals surface area (Å²) in [5.41, 5.74) is 1.15. The van der Waals surface area contributed by atoms with Crippen molar-refractivity contribution < 1.29 is 0 Å². The lowest BCUT2D eigenvalue weighted by Gasteiger charge is -2.25. The van der Waals surface area contributed by atoms with Crippen LogP contribution in [0, 0.1) is 0 Å². The first-order valence-electron chi connectivity index (χ1n) is 7.15. The Morgan fingerprint density at radius 2 is 2.37 bits per heavy atom. The molecule has 1 aliphatic rings. The Balaban J connectivity index is 1.86. The van der Waals surface area contributed by atoms with Gasteiger partial charge in [0, 0.05) is 37.6 Å². The van der Waals surface area contributed by atoms with Gasteiger partial charge in [0.2, 0.25) is 0 Å². The predicted molar refractivity (Wildman–Crippen MR) is 83.0 cm³/mol. The molecule has 1 aliphatic heterocycles. The van der Waals surface area contributed by atoms with Crippen LogP contribution in [0.1, 0.15) is 32.4 Å². The molecule has 1 aromatic heterocycles. The Morgan fingerprint density at radius 1 is 1.58 bits per heavy atom. The standard InChI is InChI=1S/C14H26N4S/c1-11(2)15-8-12-10-19-14(16-12)18(4)9-13-6-5-7-17(13)3/h10-11,13,15H,5-9H2,1-4H3. The first kappa shape index (κ1) is 14.8. The van der Waals surface area contributed by atoms with Crippen LogP contribution < -0.4 is 10.2 Å². The number of likely N-dealkylation sites (tertiary alicyclic amines) is 1.